The van der Waals surface area contributed by atoms with E-state index >= 15 is 0 Å². The Bertz CT molecular complexity index is 297. The first-order chi connectivity index (χ1) is 6.29. The zero-order valence-corrected chi connectivity index (χ0v) is 7.19. The van der Waals surface area contributed by atoms with Crippen LogP contribution in [-0.4, -0.2) is 17.7 Å². The summed E-state index contributed by atoms with van der Waals surface area (Å²) in [6.45, 7) is 1.95. The van der Waals surface area contributed by atoms with E-state index in [1.54, 1.807) is 19.1 Å². The van der Waals surface area contributed by atoms with Crippen molar-refractivity contribution in [3.8, 4) is 0 Å². The molecule has 13 heavy (non-hydrogen) atoms. The van der Waals surface area contributed by atoms with Crippen LogP contribution in [0.3, 0.4) is 0 Å². The molecule has 0 atom stereocenters. The van der Waals surface area contributed by atoms with Crippen LogP contribution < -0.4 is 0 Å². The molecule has 0 saturated heterocycles. The summed E-state index contributed by atoms with van der Waals surface area (Å²) in [5, 5.41) is 8.77. The van der Waals surface area contributed by atoms with Crippen molar-refractivity contribution in [2.75, 3.05) is 6.61 Å². The van der Waals surface area contributed by atoms with Crippen LogP contribution in [0.1, 0.15) is 12.7 Å². The maximum atomic E-state index is 11.2. The number of hydrogen-bond donors (Lipinski definition) is 1. The third-order valence-electron chi connectivity index (χ3n) is 1.41. The zero-order chi connectivity index (χ0) is 9.68. The van der Waals surface area contributed by atoms with Crippen LogP contribution in [0.5, 0.6) is 0 Å². The van der Waals surface area contributed by atoms with E-state index in [4.69, 9.17) is 14.3 Å². The van der Waals surface area contributed by atoms with E-state index in [1.807, 2.05) is 0 Å². The van der Waals surface area contributed by atoms with E-state index in [-0.39, 0.29) is 12.2 Å². The molecule has 1 heterocycles. The molecule has 0 bridgehead atoms. The minimum Gasteiger partial charge on any atom is -0.515 e. The van der Waals surface area contributed by atoms with Gasteiger partial charge < -0.3 is 14.3 Å². The number of carbonyl (C=O) groups is 1. The van der Waals surface area contributed by atoms with Gasteiger partial charge in [-0.05, 0) is 19.1 Å². The Morgan fingerprint density at radius 3 is 3.00 bits per heavy atom. The summed E-state index contributed by atoms with van der Waals surface area (Å²) >= 11 is 0. The summed E-state index contributed by atoms with van der Waals surface area (Å²) in [5.74, 6) is -0.305. The molecule has 70 valence electrons. The molecule has 1 aromatic rings. The molecule has 0 radical (unpaired) electrons. The number of carbonyl (C=O) groups excluding carboxylic acids is 1. The molecular formula is C9H10O4. The second kappa shape index (κ2) is 4.35. The highest BCUT2D eigenvalue weighted by Gasteiger charge is 2.15. The number of aliphatic hydroxyl groups excluding tert-OH is 1. The smallest absolute Gasteiger partial charge is 0.345 e. The summed E-state index contributed by atoms with van der Waals surface area (Å²) in [6.07, 6.45) is 2.09. The Morgan fingerprint density at radius 1 is 1.77 bits per heavy atom. The average Bonchev–Trinajstić information content (AvgIpc) is 2.59. The zero-order valence-electron chi connectivity index (χ0n) is 7.19. The fourth-order valence-electron chi connectivity index (χ4n) is 0.858. The molecule has 0 aliphatic rings. The molecule has 4 heteroatoms. The van der Waals surface area contributed by atoms with Crippen molar-refractivity contribution in [2.24, 2.45) is 0 Å². The van der Waals surface area contributed by atoms with E-state index in [1.165, 1.54) is 6.26 Å². The van der Waals surface area contributed by atoms with Crippen LogP contribution in [0.4, 0.5) is 0 Å². The van der Waals surface area contributed by atoms with Gasteiger partial charge in [-0.3, -0.25) is 0 Å². The molecular weight excluding hydrogens is 172 g/mol. The van der Waals surface area contributed by atoms with Crippen molar-refractivity contribution in [2.45, 2.75) is 6.92 Å². The first-order valence-corrected chi connectivity index (χ1v) is 3.85. The highest BCUT2D eigenvalue weighted by Crippen LogP contribution is 2.15. The normalized spacial score (nSPS) is 11.3. The maximum absolute atomic E-state index is 11.2. The third-order valence-corrected chi connectivity index (χ3v) is 1.41. The van der Waals surface area contributed by atoms with E-state index in [0.29, 0.717) is 12.0 Å². The third kappa shape index (κ3) is 2.11. The van der Waals surface area contributed by atoms with Crippen LogP contribution in [0, 0.1) is 0 Å². The van der Waals surface area contributed by atoms with E-state index < -0.39 is 5.97 Å². The van der Waals surface area contributed by atoms with Gasteiger partial charge in [0.25, 0.3) is 0 Å². The monoisotopic (exact) mass is 182 g/mol. The minimum absolute atomic E-state index is 0.0202. The van der Waals surface area contributed by atoms with Gasteiger partial charge in [-0.15, -0.1) is 0 Å². The second-order valence-corrected chi connectivity index (χ2v) is 2.24. The predicted octanol–water partition coefficient (Wildman–Crippen LogP) is 1.74. The predicted molar refractivity (Wildman–Crippen MR) is 45.9 cm³/mol. The Kier molecular flexibility index (Phi) is 3.14. The van der Waals surface area contributed by atoms with E-state index in [0.717, 1.165) is 0 Å². The fraction of sp³-hybridized carbons (Fsp3) is 0.222. The largest absolute Gasteiger partial charge is 0.515 e. The summed E-state index contributed by atoms with van der Waals surface area (Å²) in [4.78, 5) is 11.2. The van der Waals surface area contributed by atoms with Crippen molar-refractivity contribution in [1.29, 1.82) is 0 Å². The van der Waals surface area contributed by atoms with Gasteiger partial charge in [-0.2, -0.15) is 0 Å². The number of furan rings is 1. The molecule has 1 aromatic heterocycles. The molecule has 0 fully saturated rings. The number of ether oxygens (including phenoxy) is 1. The molecule has 0 aromatic carbocycles. The van der Waals surface area contributed by atoms with Crippen molar-refractivity contribution in [3.05, 3.63) is 30.4 Å². The van der Waals surface area contributed by atoms with Crippen LogP contribution in [0.2, 0.25) is 0 Å². The molecule has 0 unspecified atom stereocenters. The standard InChI is InChI=1S/C9H10O4/c1-2-12-9(11)7(6-10)8-4-3-5-13-8/h3-6,10H,2H2,1H3/b7-6+. The van der Waals surface area contributed by atoms with Crippen molar-refractivity contribution in [1.82, 2.24) is 0 Å². The second-order valence-electron chi connectivity index (χ2n) is 2.24. The van der Waals surface area contributed by atoms with Crippen molar-refractivity contribution >= 4 is 11.5 Å². The van der Waals surface area contributed by atoms with E-state index in [9.17, 15) is 4.79 Å². The average molecular weight is 182 g/mol. The van der Waals surface area contributed by atoms with E-state index in [2.05, 4.69) is 0 Å². The number of aliphatic hydroxyl groups is 1. The van der Waals surface area contributed by atoms with Crippen molar-refractivity contribution in [3.63, 3.8) is 0 Å². The summed E-state index contributed by atoms with van der Waals surface area (Å²) in [6, 6.07) is 3.19. The lowest BCUT2D eigenvalue weighted by Gasteiger charge is -2.01. The molecule has 0 spiro atoms. The lowest BCUT2D eigenvalue weighted by Crippen LogP contribution is -2.06. The first kappa shape index (κ1) is 9.38. The van der Waals surface area contributed by atoms with Gasteiger partial charge in [0.1, 0.15) is 11.3 Å². The number of esters is 1. The molecule has 0 saturated carbocycles. The van der Waals surface area contributed by atoms with Gasteiger partial charge in [0.05, 0.1) is 19.1 Å². The van der Waals surface area contributed by atoms with Gasteiger partial charge in [0.15, 0.2) is 0 Å². The highest BCUT2D eigenvalue weighted by atomic mass is 16.5. The summed E-state index contributed by atoms with van der Waals surface area (Å²) in [7, 11) is 0. The van der Waals surface area contributed by atoms with Gasteiger partial charge in [-0.25, -0.2) is 4.79 Å². The Hall–Kier alpha value is -1.71. The lowest BCUT2D eigenvalue weighted by atomic mass is 10.2. The van der Waals surface area contributed by atoms with Crippen LogP contribution in [0.15, 0.2) is 29.1 Å². The molecule has 1 N–H and O–H groups in total. The summed E-state index contributed by atoms with van der Waals surface area (Å²) < 4.78 is 9.62. The van der Waals surface area contributed by atoms with Crippen LogP contribution in [0.25, 0.3) is 5.57 Å². The quantitative estimate of drug-likeness (QED) is 0.439. The van der Waals surface area contributed by atoms with Crippen LogP contribution >= 0.6 is 0 Å². The first-order valence-electron chi connectivity index (χ1n) is 3.85. The topological polar surface area (TPSA) is 59.7 Å². The molecule has 0 amide bonds. The Labute approximate surface area is 75.4 Å². The Balaban J connectivity index is 2.82. The molecule has 4 nitrogen and oxygen atoms in total. The lowest BCUT2D eigenvalue weighted by molar-refractivity contribution is -0.136. The number of hydrogen-bond acceptors (Lipinski definition) is 4. The molecule has 1 rings (SSSR count). The minimum atomic E-state index is -0.597. The summed E-state index contributed by atoms with van der Waals surface area (Å²) in [5.41, 5.74) is 0.0202. The van der Waals surface area contributed by atoms with Gasteiger partial charge >= 0.3 is 5.97 Å². The highest BCUT2D eigenvalue weighted by molar-refractivity contribution is 6.15. The maximum Gasteiger partial charge on any atom is 0.345 e. The number of rotatable bonds is 3. The van der Waals surface area contributed by atoms with Gasteiger partial charge in [0.2, 0.25) is 0 Å². The van der Waals surface area contributed by atoms with Crippen molar-refractivity contribution < 1.29 is 19.1 Å². The van der Waals surface area contributed by atoms with Gasteiger partial charge in [-0.1, -0.05) is 0 Å². The van der Waals surface area contributed by atoms with Gasteiger partial charge in [0, 0.05) is 0 Å². The van der Waals surface area contributed by atoms with Crippen LogP contribution in [-0.2, 0) is 9.53 Å². The Morgan fingerprint density at radius 2 is 2.54 bits per heavy atom. The molecule has 0 aliphatic carbocycles. The fourth-order valence-corrected chi connectivity index (χ4v) is 0.858. The molecule has 0 aliphatic heterocycles. The SMILES string of the molecule is CCOC(=O)/C(=C/O)c1ccco1.